The molecule has 0 aliphatic carbocycles. The van der Waals surface area contributed by atoms with E-state index in [0.717, 1.165) is 0 Å². The summed E-state index contributed by atoms with van der Waals surface area (Å²) in [6.07, 6.45) is 7.75. The Morgan fingerprint density at radius 3 is 1.20 bits per heavy atom. The van der Waals surface area contributed by atoms with Gasteiger partial charge in [-0.3, -0.25) is 0 Å². The minimum atomic E-state index is 0. The average molecular weight is 350 g/mol. The predicted octanol–water partition coefficient (Wildman–Crippen LogP) is 6.13. The van der Waals surface area contributed by atoms with Gasteiger partial charge < -0.3 is 0 Å². The molecule has 0 aliphatic rings. The molecule has 0 aliphatic heterocycles. The van der Waals surface area contributed by atoms with E-state index in [2.05, 4.69) is 62.4 Å². The second kappa shape index (κ2) is 15.0. The van der Waals surface area contributed by atoms with E-state index in [1.165, 1.54) is 49.7 Å². The molecule has 0 atom stereocenters. The Morgan fingerprint density at radius 1 is 0.650 bits per heavy atom. The van der Waals surface area contributed by atoms with E-state index in [0.29, 0.717) is 0 Å². The minimum Gasteiger partial charge on any atom is -0.213 e. The van der Waals surface area contributed by atoms with Gasteiger partial charge in [-0.25, -0.2) is 24.3 Å². The summed E-state index contributed by atoms with van der Waals surface area (Å²) in [7, 11) is 0. The van der Waals surface area contributed by atoms with Gasteiger partial charge in [-0.15, -0.1) is 0 Å². The summed E-state index contributed by atoms with van der Waals surface area (Å²) < 4.78 is 0. The standard InChI is InChI=1S/2C9H13.CH4.Zr/c2*1-2-3-6-9-7-4-5-8-9;;/h2*4-5,7-8H,2-3,6H2,1H3;1H4;/q2*-1;;+2. The van der Waals surface area contributed by atoms with Crippen LogP contribution in [0.25, 0.3) is 0 Å². The van der Waals surface area contributed by atoms with E-state index in [1.54, 1.807) is 0 Å². The van der Waals surface area contributed by atoms with Crippen molar-refractivity contribution >= 4 is 0 Å². The second-order valence-electron chi connectivity index (χ2n) is 4.79. The van der Waals surface area contributed by atoms with Gasteiger partial charge in [-0.05, 0) is 0 Å². The first kappa shape index (κ1) is 21.9. The van der Waals surface area contributed by atoms with Crippen LogP contribution in [0.1, 0.15) is 58.1 Å². The Kier molecular flexibility index (Phi) is 16.4. The smallest absolute Gasteiger partial charge is 0.213 e. The van der Waals surface area contributed by atoms with Gasteiger partial charge in [0.2, 0.25) is 0 Å². The van der Waals surface area contributed by atoms with Gasteiger partial charge in [0.15, 0.2) is 0 Å². The number of aryl methyl sites for hydroxylation is 2. The summed E-state index contributed by atoms with van der Waals surface area (Å²) in [4.78, 5) is 0. The quantitative estimate of drug-likeness (QED) is 0.550. The Labute approximate surface area is 145 Å². The molecule has 0 bridgehead atoms. The first-order valence-corrected chi connectivity index (χ1v) is 7.28. The summed E-state index contributed by atoms with van der Waals surface area (Å²) in [5.41, 5.74) is 2.97. The van der Waals surface area contributed by atoms with E-state index in [1.807, 2.05) is 0 Å². The summed E-state index contributed by atoms with van der Waals surface area (Å²) >= 11 is 0. The van der Waals surface area contributed by atoms with Crippen molar-refractivity contribution in [2.45, 2.75) is 59.8 Å². The molecule has 0 radical (unpaired) electrons. The number of hydrogen-bond donors (Lipinski definition) is 0. The van der Waals surface area contributed by atoms with Crippen LogP contribution in [0.4, 0.5) is 0 Å². The molecule has 0 unspecified atom stereocenters. The maximum atomic E-state index is 2.23. The van der Waals surface area contributed by atoms with Crippen molar-refractivity contribution in [3.8, 4) is 0 Å². The van der Waals surface area contributed by atoms with Crippen molar-refractivity contribution in [3.05, 3.63) is 59.7 Å². The van der Waals surface area contributed by atoms with Crippen molar-refractivity contribution in [2.75, 3.05) is 0 Å². The van der Waals surface area contributed by atoms with E-state index < -0.39 is 0 Å². The molecule has 0 saturated carbocycles. The monoisotopic (exact) mass is 348 g/mol. The fraction of sp³-hybridized carbons (Fsp3) is 0.474. The molecule has 0 saturated heterocycles. The van der Waals surface area contributed by atoms with Gasteiger partial charge in [0.05, 0.1) is 0 Å². The van der Waals surface area contributed by atoms with Crippen molar-refractivity contribution in [1.82, 2.24) is 0 Å². The first-order chi connectivity index (χ1) is 8.86. The number of rotatable bonds is 6. The Morgan fingerprint density at radius 2 is 0.950 bits per heavy atom. The normalized spacial score (nSPS) is 8.90. The van der Waals surface area contributed by atoms with Crippen LogP contribution >= 0.6 is 0 Å². The molecule has 0 fully saturated rings. The molecule has 1 heteroatoms. The van der Waals surface area contributed by atoms with E-state index in [9.17, 15) is 0 Å². The molecule has 0 spiro atoms. The molecule has 110 valence electrons. The number of hydrogen-bond acceptors (Lipinski definition) is 0. The van der Waals surface area contributed by atoms with Crippen LogP contribution in [0.15, 0.2) is 48.5 Å². The Hall–Kier alpha value is -0.417. The summed E-state index contributed by atoms with van der Waals surface area (Å²) in [5, 5.41) is 0. The molecule has 0 amide bonds. The molecule has 0 heterocycles. The number of unbranched alkanes of at least 4 members (excludes halogenated alkanes) is 2. The molecular formula is C19H30Zr. The van der Waals surface area contributed by atoms with E-state index >= 15 is 0 Å². The minimum absolute atomic E-state index is 0. The van der Waals surface area contributed by atoms with E-state index in [-0.39, 0.29) is 33.6 Å². The van der Waals surface area contributed by atoms with Gasteiger partial charge in [0, 0.05) is 0 Å². The van der Waals surface area contributed by atoms with E-state index in [4.69, 9.17) is 0 Å². The second-order valence-corrected chi connectivity index (χ2v) is 4.79. The predicted molar refractivity (Wildman–Crippen MR) is 88.0 cm³/mol. The zero-order valence-corrected chi connectivity index (χ0v) is 14.8. The molecule has 0 nitrogen and oxygen atoms in total. The van der Waals surface area contributed by atoms with Gasteiger partial charge in [-0.1, -0.05) is 59.8 Å². The molecule has 2 aromatic carbocycles. The van der Waals surface area contributed by atoms with Crippen LogP contribution < -0.4 is 0 Å². The maximum absolute atomic E-state index is 2.23. The fourth-order valence-corrected chi connectivity index (χ4v) is 1.92. The van der Waals surface area contributed by atoms with Crippen molar-refractivity contribution < 1.29 is 26.2 Å². The van der Waals surface area contributed by atoms with Gasteiger partial charge >= 0.3 is 26.2 Å². The fourth-order valence-electron chi connectivity index (χ4n) is 1.92. The molecular weight excluding hydrogens is 319 g/mol. The van der Waals surface area contributed by atoms with Crippen LogP contribution in [0.5, 0.6) is 0 Å². The van der Waals surface area contributed by atoms with Crippen LogP contribution in [-0.4, -0.2) is 0 Å². The summed E-state index contributed by atoms with van der Waals surface area (Å²) in [5.74, 6) is 0. The average Bonchev–Trinajstić information content (AvgIpc) is 3.07. The van der Waals surface area contributed by atoms with Crippen LogP contribution in [0.2, 0.25) is 0 Å². The topological polar surface area (TPSA) is 0 Å². The SMILES string of the molecule is C.CCCC[c-]1cccc1.CCCC[c-]1cccc1.[Zr+2]. The van der Waals surface area contributed by atoms with Gasteiger partial charge in [0.25, 0.3) is 0 Å². The maximum Gasteiger partial charge on any atom is 2.00 e. The zero-order valence-electron chi connectivity index (χ0n) is 12.4. The van der Waals surface area contributed by atoms with Crippen LogP contribution in [-0.2, 0) is 39.0 Å². The third-order valence-electron chi connectivity index (χ3n) is 3.10. The molecule has 20 heavy (non-hydrogen) atoms. The van der Waals surface area contributed by atoms with Crippen molar-refractivity contribution in [1.29, 1.82) is 0 Å². The third kappa shape index (κ3) is 10.4. The first-order valence-electron chi connectivity index (χ1n) is 7.28. The van der Waals surface area contributed by atoms with Crippen molar-refractivity contribution in [3.63, 3.8) is 0 Å². The Bertz CT molecular complexity index is 318. The third-order valence-corrected chi connectivity index (χ3v) is 3.10. The van der Waals surface area contributed by atoms with Crippen LogP contribution in [0, 0.1) is 0 Å². The molecule has 0 aromatic heterocycles. The largest absolute Gasteiger partial charge is 2.00 e. The molecule has 2 rings (SSSR count). The summed E-state index contributed by atoms with van der Waals surface area (Å²) in [6.45, 7) is 4.45. The van der Waals surface area contributed by atoms with Crippen molar-refractivity contribution in [2.24, 2.45) is 0 Å². The summed E-state index contributed by atoms with van der Waals surface area (Å²) in [6, 6.07) is 17.2. The van der Waals surface area contributed by atoms with Crippen LogP contribution in [0.3, 0.4) is 0 Å². The zero-order chi connectivity index (χ0) is 13.1. The molecule has 0 N–H and O–H groups in total. The van der Waals surface area contributed by atoms with Gasteiger partial charge in [0.1, 0.15) is 0 Å². The Balaban J connectivity index is 0. The molecule has 2 aromatic rings. The van der Waals surface area contributed by atoms with Gasteiger partial charge in [-0.2, -0.15) is 35.4 Å².